The van der Waals surface area contributed by atoms with E-state index < -0.39 is 0 Å². The Bertz CT molecular complexity index is 501. The molecular formula is C19H28O2. The Morgan fingerprint density at radius 1 is 0.905 bits per heavy atom. The second kappa shape index (κ2) is 9.62. The smallest absolute Gasteiger partial charge is 0.137 e. The quantitative estimate of drug-likeness (QED) is 0.492. The number of hydrogen-bond acceptors (Lipinski definition) is 2. The van der Waals surface area contributed by atoms with Gasteiger partial charge in [0.15, 0.2) is 0 Å². The third kappa shape index (κ3) is 5.55. The topological polar surface area (TPSA) is 22.4 Å². The van der Waals surface area contributed by atoms with Crippen molar-refractivity contribution >= 4 is 11.0 Å². The van der Waals surface area contributed by atoms with Gasteiger partial charge in [0.1, 0.15) is 5.58 Å². The van der Waals surface area contributed by atoms with Gasteiger partial charge >= 0.3 is 0 Å². The molecule has 116 valence electrons. The SMILES string of the molecule is CCCCCCOCCCCCc1cccc2ccoc12. The summed E-state index contributed by atoms with van der Waals surface area (Å²) >= 11 is 0. The minimum absolute atomic E-state index is 0.914. The maximum absolute atomic E-state index is 5.67. The number of fused-ring (bicyclic) bond motifs is 1. The van der Waals surface area contributed by atoms with E-state index in [2.05, 4.69) is 25.1 Å². The third-order valence-corrected chi connectivity index (χ3v) is 3.94. The summed E-state index contributed by atoms with van der Waals surface area (Å²) in [7, 11) is 0. The molecule has 0 bridgehead atoms. The number of aryl methyl sites for hydroxylation is 1. The van der Waals surface area contributed by atoms with Crippen molar-refractivity contribution in [1.29, 1.82) is 0 Å². The molecule has 0 aliphatic heterocycles. The van der Waals surface area contributed by atoms with Crippen LogP contribution in [-0.2, 0) is 11.2 Å². The normalized spacial score (nSPS) is 11.3. The number of hydrogen-bond donors (Lipinski definition) is 0. The van der Waals surface area contributed by atoms with Gasteiger partial charge in [0, 0.05) is 18.6 Å². The first-order valence-electron chi connectivity index (χ1n) is 8.44. The molecule has 2 aromatic rings. The average molecular weight is 288 g/mol. The van der Waals surface area contributed by atoms with Gasteiger partial charge in [-0.3, -0.25) is 0 Å². The molecule has 1 heterocycles. The number of furan rings is 1. The minimum atomic E-state index is 0.914. The van der Waals surface area contributed by atoms with E-state index in [0.29, 0.717) is 0 Å². The first kappa shape index (κ1) is 16.1. The van der Waals surface area contributed by atoms with Crippen molar-refractivity contribution in [3.05, 3.63) is 36.1 Å². The molecule has 0 N–H and O–H groups in total. The predicted molar refractivity (Wildman–Crippen MR) is 88.7 cm³/mol. The summed E-state index contributed by atoms with van der Waals surface area (Å²) in [4.78, 5) is 0. The highest BCUT2D eigenvalue weighted by molar-refractivity contribution is 5.80. The Labute approximate surface area is 128 Å². The molecule has 2 nitrogen and oxygen atoms in total. The summed E-state index contributed by atoms with van der Waals surface area (Å²) in [6.45, 7) is 4.09. The maximum Gasteiger partial charge on any atom is 0.137 e. The van der Waals surface area contributed by atoms with Crippen LogP contribution in [0.25, 0.3) is 11.0 Å². The van der Waals surface area contributed by atoms with E-state index in [1.54, 1.807) is 6.26 Å². The Balaban J connectivity index is 1.53. The molecule has 0 aliphatic rings. The minimum Gasteiger partial charge on any atom is -0.464 e. The Kier molecular flexibility index (Phi) is 7.37. The lowest BCUT2D eigenvalue weighted by atomic mass is 10.1. The number of unbranched alkanes of at least 4 members (excludes halogenated alkanes) is 5. The average Bonchev–Trinajstić information content (AvgIpc) is 2.98. The van der Waals surface area contributed by atoms with Crippen molar-refractivity contribution in [2.24, 2.45) is 0 Å². The van der Waals surface area contributed by atoms with Gasteiger partial charge in [0.2, 0.25) is 0 Å². The first-order chi connectivity index (χ1) is 10.4. The van der Waals surface area contributed by atoms with E-state index in [1.807, 2.05) is 6.07 Å². The van der Waals surface area contributed by atoms with E-state index in [0.717, 1.165) is 25.2 Å². The monoisotopic (exact) mass is 288 g/mol. The van der Waals surface area contributed by atoms with Crippen LogP contribution in [0, 0.1) is 0 Å². The lowest BCUT2D eigenvalue weighted by Crippen LogP contribution is -1.97. The summed E-state index contributed by atoms with van der Waals surface area (Å²) in [6.07, 6.45) is 11.6. The largest absolute Gasteiger partial charge is 0.464 e. The van der Waals surface area contributed by atoms with E-state index in [4.69, 9.17) is 9.15 Å². The molecule has 0 radical (unpaired) electrons. The lowest BCUT2D eigenvalue weighted by Gasteiger charge is -2.05. The Morgan fingerprint density at radius 2 is 1.71 bits per heavy atom. The molecule has 1 aromatic carbocycles. The highest BCUT2D eigenvalue weighted by Crippen LogP contribution is 2.21. The van der Waals surface area contributed by atoms with Crippen LogP contribution in [0.5, 0.6) is 0 Å². The molecule has 0 saturated carbocycles. The van der Waals surface area contributed by atoms with Crippen molar-refractivity contribution < 1.29 is 9.15 Å². The molecule has 1 aromatic heterocycles. The second-order valence-corrected chi connectivity index (χ2v) is 5.74. The van der Waals surface area contributed by atoms with Crippen molar-refractivity contribution in [2.45, 2.75) is 58.3 Å². The standard InChI is InChI=1S/C19H28O2/c1-2-3-4-7-14-20-15-8-5-6-10-17-11-9-12-18-13-16-21-19(17)18/h9,11-13,16H,2-8,10,14-15H2,1H3. The van der Waals surface area contributed by atoms with Gasteiger partial charge in [-0.15, -0.1) is 0 Å². The summed E-state index contributed by atoms with van der Waals surface area (Å²) in [5.74, 6) is 0. The number of benzene rings is 1. The van der Waals surface area contributed by atoms with Gasteiger partial charge in [0.25, 0.3) is 0 Å². The van der Waals surface area contributed by atoms with Crippen molar-refractivity contribution in [1.82, 2.24) is 0 Å². The highest BCUT2D eigenvalue weighted by Gasteiger charge is 2.03. The van der Waals surface area contributed by atoms with E-state index in [9.17, 15) is 0 Å². The van der Waals surface area contributed by atoms with Crippen LogP contribution >= 0.6 is 0 Å². The maximum atomic E-state index is 5.67. The Hall–Kier alpha value is -1.28. The van der Waals surface area contributed by atoms with Gasteiger partial charge in [-0.05, 0) is 37.3 Å². The highest BCUT2D eigenvalue weighted by atomic mass is 16.5. The van der Waals surface area contributed by atoms with E-state index in [1.165, 1.54) is 55.9 Å². The number of rotatable bonds is 11. The zero-order valence-corrected chi connectivity index (χ0v) is 13.3. The molecule has 0 saturated heterocycles. The fourth-order valence-electron chi connectivity index (χ4n) is 2.68. The van der Waals surface area contributed by atoms with Gasteiger partial charge in [-0.1, -0.05) is 50.8 Å². The van der Waals surface area contributed by atoms with Gasteiger partial charge in [-0.25, -0.2) is 0 Å². The van der Waals surface area contributed by atoms with Crippen LogP contribution in [0.15, 0.2) is 34.9 Å². The lowest BCUT2D eigenvalue weighted by molar-refractivity contribution is 0.126. The molecule has 0 amide bonds. The van der Waals surface area contributed by atoms with Gasteiger partial charge in [-0.2, -0.15) is 0 Å². The van der Waals surface area contributed by atoms with Gasteiger partial charge in [0.05, 0.1) is 6.26 Å². The second-order valence-electron chi connectivity index (χ2n) is 5.74. The summed E-state index contributed by atoms with van der Waals surface area (Å²) in [5.41, 5.74) is 2.39. The number of ether oxygens (including phenoxy) is 1. The van der Waals surface area contributed by atoms with Crippen LogP contribution in [-0.4, -0.2) is 13.2 Å². The third-order valence-electron chi connectivity index (χ3n) is 3.94. The van der Waals surface area contributed by atoms with Crippen LogP contribution in [0.1, 0.15) is 57.4 Å². The van der Waals surface area contributed by atoms with Crippen LogP contribution in [0.3, 0.4) is 0 Å². The van der Waals surface area contributed by atoms with Gasteiger partial charge < -0.3 is 9.15 Å². The fourth-order valence-corrected chi connectivity index (χ4v) is 2.68. The molecule has 0 fully saturated rings. The summed E-state index contributed by atoms with van der Waals surface area (Å²) in [5, 5.41) is 1.21. The number of para-hydroxylation sites is 1. The molecule has 21 heavy (non-hydrogen) atoms. The summed E-state index contributed by atoms with van der Waals surface area (Å²) < 4.78 is 11.2. The molecule has 0 spiro atoms. The molecular weight excluding hydrogens is 260 g/mol. The van der Waals surface area contributed by atoms with Crippen molar-refractivity contribution in [2.75, 3.05) is 13.2 Å². The molecule has 2 rings (SSSR count). The van der Waals surface area contributed by atoms with E-state index in [-0.39, 0.29) is 0 Å². The molecule has 0 unspecified atom stereocenters. The summed E-state index contributed by atoms with van der Waals surface area (Å²) in [6, 6.07) is 8.43. The van der Waals surface area contributed by atoms with Crippen LogP contribution < -0.4 is 0 Å². The van der Waals surface area contributed by atoms with Crippen LogP contribution in [0.4, 0.5) is 0 Å². The fraction of sp³-hybridized carbons (Fsp3) is 0.579. The Morgan fingerprint density at radius 3 is 2.52 bits per heavy atom. The molecule has 2 heteroatoms. The first-order valence-corrected chi connectivity index (χ1v) is 8.44. The molecule has 0 aliphatic carbocycles. The van der Waals surface area contributed by atoms with Crippen LogP contribution in [0.2, 0.25) is 0 Å². The zero-order valence-electron chi connectivity index (χ0n) is 13.3. The van der Waals surface area contributed by atoms with Crippen molar-refractivity contribution in [3.63, 3.8) is 0 Å². The predicted octanol–water partition coefficient (Wildman–Crippen LogP) is 5.74. The van der Waals surface area contributed by atoms with Crippen molar-refractivity contribution in [3.8, 4) is 0 Å². The zero-order chi connectivity index (χ0) is 14.8. The molecule has 0 atom stereocenters. The van der Waals surface area contributed by atoms with E-state index >= 15 is 0 Å².